The van der Waals surface area contributed by atoms with Gasteiger partial charge in [0.25, 0.3) is 5.91 Å². The second kappa shape index (κ2) is 8.27. The molecule has 1 aromatic carbocycles. The Morgan fingerprint density at radius 3 is 2.52 bits per heavy atom. The van der Waals surface area contributed by atoms with E-state index in [2.05, 4.69) is 10.6 Å². The van der Waals surface area contributed by atoms with Crippen LogP contribution in [0.1, 0.15) is 35.7 Å². The van der Waals surface area contributed by atoms with Gasteiger partial charge in [0.05, 0.1) is 13.5 Å². The molecule has 1 aliphatic rings. The molecule has 0 saturated heterocycles. The van der Waals surface area contributed by atoms with Gasteiger partial charge in [-0.05, 0) is 38.0 Å². The van der Waals surface area contributed by atoms with Crippen molar-refractivity contribution >= 4 is 23.7 Å². The number of esters is 1. The summed E-state index contributed by atoms with van der Waals surface area (Å²) in [5, 5.41) is 4.67. The highest BCUT2D eigenvalue weighted by Crippen LogP contribution is 2.21. The van der Waals surface area contributed by atoms with Crippen molar-refractivity contribution in [1.29, 1.82) is 0 Å². The Balaban J connectivity index is 1.84. The minimum Gasteiger partial charge on any atom is -0.496 e. The largest absolute Gasteiger partial charge is 0.496 e. The van der Waals surface area contributed by atoms with Crippen molar-refractivity contribution in [2.24, 2.45) is 0 Å². The summed E-state index contributed by atoms with van der Waals surface area (Å²) >= 11 is 0. The number of amides is 3. The molecule has 1 aliphatic carbocycles. The van der Waals surface area contributed by atoms with Crippen molar-refractivity contribution in [3.05, 3.63) is 29.3 Å². The van der Waals surface area contributed by atoms with Crippen LogP contribution in [-0.2, 0) is 20.7 Å². The molecule has 1 saturated carbocycles. The molecule has 1 aromatic rings. The number of methoxy groups -OCH3 is 1. The first-order chi connectivity index (χ1) is 11.9. The Morgan fingerprint density at radius 1 is 1.20 bits per heavy atom. The van der Waals surface area contributed by atoms with Crippen LogP contribution in [0, 0.1) is 0 Å². The average Bonchev–Trinajstić information content (AvgIpc) is 3.36. The van der Waals surface area contributed by atoms with Gasteiger partial charge in [0, 0.05) is 17.2 Å². The molecule has 8 heteroatoms. The summed E-state index contributed by atoms with van der Waals surface area (Å²) in [6, 6.07) is 4.26. The highest BCUT2D eigenvalue weighted by atomic mass is 16.5. The minimum atomic E-state index is -0.712. The number of rotatable bonds is 7. The summed E-state index contributed by atoms with van der Waals surface area (Å²) in [4.78, 5) is 46.3. The molecular formula is C17H20N2O6. The average molecular weight is 348 g/mol. The molecule has 0 aliphatic heterocycles. The van der Waals surface area contributed by atoms with Crippen LogP contribution >= 0.6 is 0 Å². The molecule has 3 amide bonds. The van der Waals surface area contributed by atoms with E-state index < -0.39 is 24.5 Å². The molecule has 2 rings (SSSR count). The van der Waals surface area contributed by atoms with Gasteiger partial charge in [0.15, 0.2) is 12.4 Å². The summed E-state index contributed by atoms with van der Waals surface area (Å²) in [7, 11) is 1.45. The van der Waals surface area contributed by atoms with E-state index in [-0.39, 0.29) is 18.2 Å². The summed E-state index contributed by atoms with van der Waals surface area (Å²) in [5.41, 5.74) is 0.921. The van der Waals surface area contributed by atoms with E-state index in [0.717, 1.165) is 12.8 Å². The van der Waals surface area contributed by atoms with Gasteiger partial charge in [-0.15, -0.1) is 0 Å². The summed E-state index contributed by atoms with van der Waals surface area (Å²) in [6.07, 6.45) is 1.64. The topological polar surface area (TPSA) is 111 Å². The molecule has 0 heterocycles. The van der Waals surface area contributed by atoms with Crippen molar-refractivity contribution in [1.82, 2.24) is 10.6 Å². The lowest BCUT2D eigenvalue weighted by atomic mass is 10.0. The van der Waals surface area contributed by atoms with Gasteiger partial charge in [0.2, 0.25) is 0 Å². The monoisotopic (exact) mass is 348 g/mol. The van der Waals surface area contributed by atoms with Gasteiger partial charge >= 0.3 is 12.0 Å². The van der Waals surface area contributed by atoms with E-state index in [9.17, 15) is 19.2 Å². The quantitative estimate of drug-likeness (QED) is 0.561. The predicted octanol–water partition coefficient (Wildman–Crippen LogP) is 0.972. The number of ether oxygens (including phenoxy) is 2. The lowest BCUT2D eigenvalue weighted by molar-refractivity contribution is -0.147. The van der Waals surface area contributed by atoms with Crippen LogP contribution in [0.3, 0.4) is 0 Å². The molecule has 2 N–H and O–H groups in total. The van der Waals surface area contributed by atoms with Crippen molar-refractivity contribution < 1.29 is 28.7 Å². The summed E-state index contributed by atoms with van der Waals surface area (Å²) < 4.78 is 10.0. The van der Waals surface area contributed by atoms with Crippen LogP contribution in [0.2, 0.25) is 0 Å². The predicted molar refractivity (Wildman–Crippen MR) is 87.4 cm³/mol. The van der Waals surface area contributed by atoms with Crippen LogP contribution in [0.5, 0.6) is 5.75 Å². The van der Waals surface area contributed by atoms with E-state index in [1.807, 2.05) is 0 Å². The molecule has 0 atom stereocenters. The van der Waals surface area contributed by atoms with E-state index >= 15 is 0 Å². The van der Waals surface area contributed by atoms with E-state index in [1.54, 1.807) is 18.2 Å². The van der Waals surface area contributed by atoms with Crippen molar-refractivity contribution in [3.8, 4) is 5.75 Å². The van der Waals surface area contributed by atoms with Gasteiger partial charge in [-0.3, -0.25) is 19.7 Å². The number of carbonyl (C=O) groups excluding carboxylic acids is 4. The van der Waals surface area contributed by atoms with Crippen molar-refractivity contribution in [2.75, 3.05) is 13.7 Å². The molecular weight excluding hydrogens is 328 g/mol. The highest BCUT2D eigenvalue weighted by molar-refractivity contribution is 5.96. The van der Waals surface area contributed by atoms with Crippen LogP contribution in [-0.4, -0.2) is 43.4 Å². The molecule has 0 spiro atoms. The first-order valence-electron chi connectivity index (χ1n) is 7.83. The zero-order valence-electron chi connectivity index (χ0n) is 14.1. The molecule has 25 heavy (non-hydrogen) atoms. The third-order valence-corrected chi connectivity index (χ3v) is 3.55. The van der Waals surface area contributed by atoms with E-state index in [0.29, 0.717) is 16.9 Å². The Bertz CT molecular complexity index is 696. The lowest BCUT2D eigenvalue weighted by Crippen LogP contribution is -2.42. The number of hydrogen-bond acceptors (Lipinski definition) is 6. The third kappa shape index (κ3) is 5.91. The molecule has 0 radical (unpaired) electrons. The molecule has 1 fully saturated rings. The van der Waals surface area contributed by atoms with Crippen molar-refractivity contribution in [2.45, 2.75) is 32.2 Å². The van der Waals surface area contributed by atoms with Crippen LogP contribution in [0.15, 0.2) is 18.2 Å². The van der Waals surface area contributed by atoms with Crippen LogP contribution < -0.4 is 15.4 Å². The Labute approximate surface area is 144 Å². The van der Waals surface area contributed by atoms with Gasteiger partial charge < -0.3 is 14.8 Å². The number of nitrogens with one attached hydrogen (secondary N) is 2. The number of hydrogen-bond donors (Lipinski definition) is 2. The SMILES string of the molecule is COc1ccc(C(C)=O)cc1CC(=O)OCC(=O)NC(=O)NC1CC1. The maximum absolute atomic E-state index is 11.9. The van der Waals surface area contributed by atoms with Crippen LogP contribution in [0.25, 0.3) is 0 Å². The zero-order chi connectivity index (χ0) is 18.4. The zero-order valence-corrected chi connectivity index (χ0v) is 14.1. The smallest absolute Gasteiger partial charge is 0.321 e. The fourth-order valence-corrected chi connectivity index (χ4v) is 2.10. The van der Waals surface area contributed by atoms with Crippen LogP contribution in [0.4, 0.5) is 4.79 Å². The van der Waals surface area contributed by atoms with E-state index in [4.69, 9.17) is 9.47 Å². The number of Topliss-reactive ketones (excluding diaryl/α,β-unsaturated/α-hetero) is 1. The number of carbonyl (C=O) groups is 4. The first kappa shape index (κ1) is 18.4. The van der Waals surface area contributed by atoms with E-state index in [1.165, 1.54) is 14.0 Å². The number of urea groups is 1. The maximum Gasteiger partial charge on any atom is 0.321 e. The van der Waals surface area contributed by atoms with Gasteiger partial charge in [-0.25, -0.2) is 4.79 Å². The van der Waals surface area contributed by atoms with Gasteiger partial charge in [0.1, 0.15) is 5.75 Å². The number of ketones is 1. The molecule has 8 nitrogen and oxygen atoms in total. The minimum absolute atomic E-state index is 0.122. The summed E-state index contributed by atoms with van der Waals surface area (Å²) in [6.45, 7) is 0.854. The van der Waals surface area contributed by atoms with Crippen molar-refractivity contribution in [3.63, 3.8) is 0 Å². The van der Waals surface area contributed by atoms with Gasteiger partial charge in [-0.1, -0.05) is 0 Å². The number of benzene rings is 1. The number of imide groups is 1. The third-order valence-electron chi connectivity index (χ3n) is 3.55. The normalized spacial score (nSPS) is 12.9. The lowest BCUT2D eigenvalue weighted by Gasteiger charge is -2.10. The maximum atomic E-state index is 11.9. The molecule has 0 unspecified atom stereocenters. The highest BCUT2D eigenvalue weighted by Gasteiger charge is 2.24. The molecule has 0 aromatic heterocycles. The standard InChI is InChI=1S/C17H20N2O6/c1-10(20)11-3-6-14(24-2)12(7-11)8-16(22)25-9-15(21)19-17(23)18-13-4-5-13/h3,6-7,13H,4-5,8-9H2,1-2H3,(H2,18,19,21,23). The molecule has 0 bridgehead atoms. The first-order valence-corrected chi connectivity index (χ1v) is 7.83. The second-order valence-corrected chi connectivity index (χ2v) is 5.72. The summed E-state index contributed by atoms with van der Waals surface area (Å²) in [5.74, 6) is -1.08. The van der Waals surface area contributed by atoms with Gasteiger partial charge in [-0.2, -0.15) is 0 Å². The Kier molecular flexibility index (Phi) is 6.10. The Morgan fingerprint density at radius 2 is 1.92 bits per heavy atom. The second-order valence-electron chi connectivity index (χ2n) is 5.72. The molecule has 134 valence electrons. The fourth-order valence-electron chi connectivity index (χ4n) is 2.10. The Hall–Kier alpha value is -2.90. The fraction of sp³-hybridized carbons (Fsp3) is 0.412.